The Labute approximate surface area is 176 Å². The molecule has 6 nitrogen and oxygen atoms in total. The van der Waals surface area contributed by atoms with Gasteiger partial charge in [-0.05, 0) is 50.3 Å². The van der Waals surface area contributed by atoms with E-state index in [0.29, 0.717) is 17.8 Å². The third-order valence-electron chi connectivity index (χ3n) is 4.16. The van der Waals surface area contributed by atoms with Gasteiger partial charge in [0.25, 0.3) is 0 Å². The summed E-state index contributed by atoms with van der Waals surface area (Å²) in [6.07, 6.45) is 1.81. The van der Waals surface area contributed by atoms with Crippen molar-refractivity contribution in [2.75, 3.05) is 29.4 Å². The van der Waals surface area contributed by atoms with E-state index in [9.17, 15) is 18.0 Å². The summed E-state index contributed by atoms with van der Waals surface area (Å²) in [4.78, 5) is 25.0. The molecule has 0 aromatic heterocycles. The molecule has 0 aliphatic carbocycles. The maximum atomic E-state index is 12.3. The van der Waals surface area contributed by atoms with Crippen LogP contribution in [0.2, 0.25) is 0 Å². The fourth-order valence-corrected chi connectivity index (χ4v) is 4.29. The summed E-state index contributed by atoms with van der Waals surface area (Å²) < 4.78 is 25.3. The van der Waals surface area contributed by atoms with Crippen LogP contribution in [-0.2, 0) is 14.8 Å². The van der Waals surface area contributed by atoms with E-state index in [1.807, 2.05) is 6.92 Å². The molecule has 2 aromatic carbocycles. The van der Waals surface area contributed by atoms with Crippen LogP contribution in [0.15, 0.2) is 53.4 Å². The van der Waals surface area contributed by atoms with Crippen LogP contribution in [0.1, 0.15) is 29.3 Å². The highest BCUT2D eigenvalue weighted by Crippen LogP contribution is 2.20. The van der Waals surface area contributed by atoms with E-state index in [4.69, 9.17) is 0 Å². The average molecular weight is 435 g/mol. The first kappa shape index (κ1) is 23.0. The maximum absolute atomic E-state index is 12.3. The van der Waals surface area contributed by atoms with Crippen molar-refractivity contribution in [3.8, 4) is 0 Å². The zero-order chi connectivity index (χ0) is 21.4. The van der Waals surface area contributed by atoms with E-state index >= 15 is 0 Å². The molecule has 0 unspecified atom stereocenters. The van der Waals surface area contributed by atoms with Gasteiger partial charge in [0.2, 0.25) is 15.9 Å². The molecule has 0 aliphatic heterocycles. The SMILES string of the molecule is CC(=O)c1cccc(N(CC(=O)NCCCSc2ccc(C)cc2)S(C)(=O)=O)c1. The lowest BCUT2D eigenvalue weighted by Gasteiger charge is -2.22. The van der Waals surface area contributed by atoms with E-state index in [1.165, 1.54) is 23.4 Å². The van der Waals surface area contributed by atoms with Gasteiger partial charge in [-0.1, -0.05) is 29.8 Å². The van der Waals surface area contributed by atoms with Crippen LogP contribution in [0.4, 0.5) is 5.69 Å². The lowest BCUT2D eigenvalue weighted by atomic mass is 10.1. The summed E-state index contributed by atoms with van der Waals surface area (Å²) in [6, 6.07) is 14.5. The Bertz CT molecular complexity index is 957. The van der Waals surface area contributed by atoms with E-state index in [1.54, 1.807) is 30.0 Å². The number of carbonyl (C=O) groups excluding carboxylic acids is 2. The summed E-state index contributed by atoms with van der Waals surface area (Å²) in [7, 11) is -3.67. The van der Waals surface area contributed by atoms with Crippen LogP contribution in [0, 0.1) is 6.92 Å². The summed E-state index contributed by atoms with van der Waals surface area (Å²) in [6.45, 7) is 3.58. The number of ketones is 1. The molecule has 8 heteroatoms. The first-order chi connectivity index (χ1) is 13.7. The Morgan fingerprint density at radius 2 is 1.79 bits per heavy atom. The molecular formula is C21H26N2O4S2. The molecule has 0 radical (unpaired) electrons. The minimum Gasteiger partial charge on any atom is -0.354 e. The van der Waals surface area contributed by atoms with Crippen molar-refractivity contribution >= 4 is 39.2 Å². The van der Waals surface area contributed by atoms with Gasteiger partial charge in [-0.25, -0.2) is 8.42 Å². The van der Waals surface area contributed by atoms with Crippen molar-refractivity contribution in [3.63, 3.8) is 0 Å². The number of anilines is 1. The topological polar surface area (TPSA) is 83.6 Å². The number of thioether (sulfide) groups is 1. The van der Waals surface area contributed by atoms with Crippen molar-refractivity contribution in [1.29, 1.82) is 0 Å². The molecule has 2 rings (SSSR count). The minimum absolute atomic E-state index is 0.171. The number of hydrogen-bond donors (Lipinski definition) is 1. The normalized spacial score (nSPS) is 11.1. The summed E-state index contributed by atoms with van der Waals surface area (Å²) in [5.41, 5.74) is 1.90. The van der Waals surface area contributed by atoms with Crippen molar-refractivity contribution in [1.82, 2.24) is 5.32 Å². The third-order valence-corrected chi connectivity index (χ3v) is 6.40. The van der Waals surface area contributed by atoms with Gasteiger partial charge in [0, 0.05) is 17.0 Å². The van der Waals surface area contributed by atoms with Crippen molar-refractivity contribution in [2.45, 2.75) is 25.2 Å². The molecule has 0 heterocycles. The third kappa shape index (κ3) is 7.55. The van der Waals surface area contributed by atoms with Crippen LogP contribution in [0.5, 0.6) is 0 Å². The van der Waals surface area contributed by atoms with Gasteiger partial charge in [0.05, 0.1) is 11.9 Å². The van der Waals surface area contributed by atoms with Gasteiger partial charge in [0.1, 0.15) is 6.54 Å². The molecule has 2 aromatic rings. The number of sulfonamides is 1. The Kier molecular flexibility index (Phi) is 8.28. The number of nitrogens with zero attached hydrogens (tertiary/aromatic N) is 1. The number of nitrogens with one attached hydrogen (secondary N) is 1. The van der Waals surface area contributed by atoms with Gasteiger partial charge in [-0.2, -0.15) is 0 Å². The molecule has 0 saturated heterocycles. The van der Waals surface area contributed by atoms with Crippen LogP contribution in [0.3, 0.4) is 0 Å². The Hall–Kier alpha value is -2.32. The molecule has 0 saturated carbocycles. The highest BCUT2D eigenvalue weighted by Gasteiger charge is 2.21. The van der Waals surface area contributed by atoms with E-state index in [2.05, 4.69) is 29.6 Å². The zero-order valence-corrected chi connectivity index (χ0v) is 18.5. The number of rotatable bonds is 10. The Morgan fingerprint density at radius 1 is 1.10 bits per heavy atom. The van der Waals surface area contributed by atoms with Gasteiger partial charge < -0.3 is 5.32 Å². The molecular weight excluding hydrogens is 408 g/mol. The lowest BCUT2D eigenvalue weighted by Crippen LogP contribution is -2.40. The molecule has 0 fully saturated rings. The molecule has 1 N–H and O–H groups in total. The second kappa shape index (κ2) is 10.5. The predicted molar refractivity (Wildman–Crippen MR) is 118 cm³/mol. The van der Waals surface area contributed by atoms with Crippen LogP contribution in [0.25, 0.3) is 0 Å². The first-order valence-electron chi connectivity index (χ1n) is 9.21. The van der Waals surface area contributed by atoms with E-state index < -0.39 is 10.0 Å². The zero-order valence-electron chi connectivity index (χ0n) is 16.8. The Morgan fingerprint density at radius 3 is 2.41 bits per heavy atom. The van der Waals surface area contributed by atoms with Crippen LogP contribution in [-0.4, -0.2) is 45.2 Å². The van der Waals surface area contributed by atoms with Crippen molar-refractivity contribution < 1.29 is 18.0 Å². The average Bonchev–Trinajstić information content (AvgIpc) is 2.66. The standard InChI is InChI=1S/C21H26N2O4S2/c1-16-8-10-20(11-9-16)28-13-5-12-22-21(25)15-23(29(3,26)27)19-7-4-6-18(14-19)17(2)24/h4,6-11,14H,5,12-13,15H2,1-3H3,(H,22,25). The molecule has 0 atom stereocenters. The molecule has 0 bridgehead atoms. The summed E-state index contributed by atoms with van der Waals surface area (Å²) >= 11 is 1.71. The monoisotopic (exact) mass is 434 g/mol. The van der Waals surface area contributed by atoms with E-state index in [0.717, 1.165) is 22.7 Å². The lowest BCUT2D eigenvalue weighted by molar-refractivity contribution is -0.119. The fraction of sp³-hybridized carbons (Fsp3) is 0.333. The van der Waals surface area contributed by atoms with Crippen molar-refractivity contribution in [2.24, 2.45) is 0 Å². The molecule has 1 amide bonds. The molecule has 0 aliphatic rings. The number of benzene rings is 2. The first-order valence-corrected chi connectivity index (χ1v) is 12.0. The van der Waals surface area contributed by atoms with Crippen molar-refractivity contribution in [3.05, 3.63) is 59.7 Å². The van der Waals surface area contributed by atoms with Gasteiger partial charge in [0.15, 0.2) is 5.78 Å². The number of hydrogen-bond acceptors (Lipinski definition) is 5. The number of carbonyl (C=O) groups is 2. The molecule has 29 heavy (non-hydrogen) atoms. The fourth-order valence-electron chi connectivity index (χ4n) is 2.59. The number of aryl methyl sites for hydroxylation is 1. The van der Waals surface area contributed by atoms with Gasteiger partial charge >= 0.3 is 0 Å². The quantitative estimate of drug-likeness (QED) is 0.353. The maximum Gasteiger partial charge on any atom is 0.240 e. The summed E-state index contributed by atoms with van der Waals surface area (Å²) in [5.74, 6) is 0.291. The van der Waals surface area contributed by atoms with E-state index in [-0.39, 0.29) is 18.2 Å². The highest BCUT2D eigenvalue weighted by atomic mass is 32.2. The predicted octanol–water partition coefficient (Wildman–Crippen LogP) is 3.26. The van der Waals surface area contributed by atoms with Gasteiger partial charge in [-0.3, -0.25) is 13.9 Å². The number of Topliss-reactive ketones (excluding diaryl/α,β-unsaturated/α-hetero) is 1. The van der Waals surface area contributed by atoms with Crippen LogP contribution < -0.4 is 9.62 Å². The Balaban J connectivity index is 1.88. The minimum atomic E-state index is -3.67. The van der Waals surface area contributed by atoms with Crippen LogP contribution >= 0.6 is 11.8 Å². The molecule has 156 valence electrons. The second-order valence-electron chi connectivity index (χ2n) is 6.74. The number of amides is 1. The summed E-state index contributed by atoms with van der Waals surface area (Å²) in [5, 5.41) is 2.76. The molecule has 0 spiro atoms. The van der Waals surface area contributed by atoms with Gasteiger partial charge in [-0.15, -0.1) is 11.8 Å². The largest absolute Gasteiger partial charge is 0.354 e. The smallest absolute Gasteiger partial charge is 0.240 e. The highest BCUT2D eigenvalue weighted by molar-refractivity contribution is 7.99. The second-order valence-corrected chi connectivity index (χ2v) is 9.82.